The lowest BCUT2D eigenvalue weighted by molar-refractivity contribution is -0.139. The molecule has 0 aliphatic rings. The second-order valence-electron chi connectivity index (χ2n) is 7.65. The van der Waals surface area contributed by atoms with E-state index in [0.717, 1.165) is 24.0 Å². The number of rotatable bonds is 12. The van der Waals surface area contributed by atoms with Crippen molar-refractivity contribution in [1.29, 1.82) is 0 Å². The number of hydrogen-bond acceptors (Lipinski definition) is 3. The van der Waals surface area contributed by atoms with E-state index in [4.69, 9.17) is 11.6 Å². The van der Waals surface area contributed by atoms with Gasteiger partial charge in [-0.25, -0.2) is 0 Å². The predicted molar refractivity (Wildman–Crippen MR) is 131 cm³/mol. The molecule has 0 heterocycles. The van der Waals surface area contributed by atoms with E-state index >= 15 is 0 Å². The van der Waals surface area contributed by atoms with Crippen LogP contribution in [0.15, 0.2) is 54.6 Å². The third-order valence-electron chi connectivity index (χ3n) is 5.31. The molecule has 2 rings (SSSR count). The number of carbonyl (C=O) groups is 2. The van der Waals surface area contributed by atoms with Crippen molar-refractivity contribution < 1.29 is 9.59 Å². The van der Waals surface area contributed by atoms with Crippen molar-refractivity contribution in [3.05, 3.63) is 70.7 Å². The van der Waals surface area contributed by atoms with Crippen molar-refractivity contribution in [2.45, 2.75) is 57.9 Å². The summed E-state index contributed by atoms with van der Waals surface area (Å²) in [5.74, 6) is 0.884. The van der Waals surface area contributed by atoms with Gasteiger partial charge in [-0.15, -0.1) is 11.8 Å². The van der Waals surface area contributed by atoms with Crippen molar-refractivity contribution in [2.75, 3.05) is 12.3 Å². The third kappa shape index (κ3) is 8.23. The fourth-order valence-electron chi connectivity index (χ4n) is 3.28. The molecular formula is C25H33ClN2O2S. The summed E-state index contributed by atoms with van der Waals surface area (Å²) >= 11 is 7.76. The minimum absolute atomic E-state index is 0.0147. The molecule has 0 spiro atoms. The molecule has 0 radical (unpaired) electrons. The number of hydrogen-bond donors (Lipinski definition) is 1. The Morgan fingerprint density at radius 3 is 2.35 bits per heavy atom. The Labute approximate surface area is 195 Å². The molecule has 31 heavy (non-hydrogen) atoms. The summed E-state index contributed by atoms with van der Waals surface area (Å²) in [5, 5.41) is 3.76. The zero-order chi connectivity index (χ0) is 22.6. The molecule has 2 aromatic carbocycles. The van der Waals surface area contributed by atoms with Crippen LogP contribution in [0.25, 0.3) is 0 Å². The quantitative estimate of drug-likeness (QED) is 0.465. The Kier molecular flexibility index (Phi) is 11.0. The standard InChI is InChI=1S/C25H33ClN2O2S/c1-4-19(3)27-25(30)23(5-2)28(16-15-20-11-7-6-8-12-20)24(29)18-31-17-21-13-9-10-14-22(21)26/h6-14,19,23H,4-5,15-18H2,1-3H3,(H,27,30)/t19-,23+/m1/s1. The lowest BCUT2D eigenvalue weighted by Crippen LogP contribution is -2.52. The van der Waals surface area contributed by atoms with E-state index in [9.17, 15) is 9.59 Å². The van der Waals surface area contributed by atoms with Gasteiger partial charge in [0.05, 0.1) is 5.75 Å². The second-order valence-corrected chi connectivity index (χ2v) is 9.04. The first-order chi connectivity index (χ1) is 15.0. The summed E-state index contributed by atoms with van der Waals surface area (Å²) in [7, 11) is 0. The number of carbonyl (C=O) groups excluding carboxylic acids is 2. The summed E-state index contributed by atoms with van der Waals surface area (Å²) in [6, 6.07) is 17.4. The predicted octanol–water partition coefficient (Wildman–Crippen LogP) is 5.34. The lowest BCUT2D eigenvalue weighted by Gasteiger charge is -2.31. The van der Waals surface area contributed by atoms with Gasteiger partial charge in [0, 0.05) is 23.4 Å². The van der Waals surface area contributed by atoms with Crippen LogP contribution in [0, 0.1) is 0 Å². The Balaban J connectivity index is 2.07. The van der Waals surface area contributed by atoms with Crippen LogP contribution >= 0.6 is 23.4 Å². The van der Waals surface area contributed by atoms with Crippen LogP contribution in [-0.4, -0.2) is 41.1 Å². The molecule has 0 saturated heterocycles. The highest BCUT2D eigenvalue weighted by atomic mass is 35.5. The highest BCUT2D eigenvalue weighted by Crippen LogP contribution is 2.21. The van der Waals surface area contributed by atoms with Gasteiger partial charge in [0.1, 0.15) is 6.04 Å². The third-order valence-corrected chi connectivity index (χ3v) is 6.65. The van der Waals surface area contributed by atoms with E-state index in [-0.39, 0.29) is 17.9 Å². The maximum Gasteiger partial charge on any atom is 0.243 e. The molecule has 1 N–H and O–H groups in total. The number of amides is 2. The van der Waals surface area contributed by atoms with E-state index in [1.165, 1.54) is 11.8 Å². The molecule has 0 aromatic heterocycles. The van der Waals surface area contributed by atoms with E-state index in [0.29, 0.717) is 29.5 Å². The summed E-state index contributed by atoms with van der Waals surface area (Å²) in [6.07, 6.45) is 2.15. The van der Waals surface area contributed by atoms with Crippen LogP contribution < -0.4 is 5.32 Å². The average molecular weight is 461 g/mol. The van der Waals surface area contributed by atoms with Crippen LogP contribution in [-0.2, 0) is 21.8 Å². The molecule has 2 atom stereocenters. The normalized spacial score (nSPS) is 12.8. The van der Waals surface area contributed by atoms with Crippen LogP contribution in [0.2, 0.25) is 5.02 Å². The topological polar surface area (TPSA) is 49.4 Å². The van der Waals surface area contributed by atoms with Gasteiger partial charge in [-0.1, -0.05) is 74.0 Å². The van der Waals surface area contributed by atoms with Crippen molar-refractivity contribution in [3.63, 3.8) is 0 Å². The first-order valence-electron chi connectivity index (χ1n) is 10.9. The van der Waals surface area contributed by atoms with Crippen LogP contribution in [0.1, 0.15) is 44.7 Å². The molecule has 0 saturated carbocycles. The van der Waals surface area contributed by atoms with Crippen LogP contribution in [0.3, 0.4) is 0 Å². The van der Waals surface area contributed by atoms with E-state index in [2.05, 4.69) is 17.4 Å². The van der Waals surface area contributed by atoms with Gasteiger partial charge in [0.2, 0.25) is 11.8 Å². The molecule has 0 unspecified atom stereocenters. The molecule has 6 heteroatoms. The van der Waals surface area contributed by atoms with Crippen molar-refractivity contribution >= 4 is 35.2 Å². The number of nitrogens with one attached hydrogen (secondary N) is 1. The Morgan fingerprint density at radius 1 is 1.03 bits per heavy atom. The largest absolute Gasteiger partial charge is 0.352 e. The van der Waals surface area contributed by atoms with Gasteiger partial charge in [0.25, 0.3) is 0 Å². The summed E-state index contributed by atoms with van der Waals surface area (Å²) in [5.41, 5.74) is 2.17. The van der Waals surface area contributed by atoms with E-state index in [1.807, 2.05) is 63.2 Å². The molecule has 0 bridgehead atoms. The number of benzene rings is 2. The monoisotopic (exact) mass is 460 g/mol. The maximum absolute atomic E-state index is 13.2. The van der Waals surface area contributed by atoms with Crippen molar-refractivity contribution in [1.82, 2.24) is 10.2 Å². The van der Waals surface area contributed by atoms with Crippen molar-refractivity contribution in [2.24, 2.45) is 0 Å². The number of nitrogens with zero attached hydrogens (tertiary/aromatic N) is 1. The van der Waals surface area contributed by atoms with Crippen LogP contribution in [0.4, 0.5) is 0 Å². The molecule has 0 fully saturated rings. The van der Waals surface area contributed by atoms with Gasteiger partial charge in [0.15, 0.2) is 0 Å². The zero-order valence-electron chi connectivity index (χ0n) is 18.6. The average Bonchev–Trinajstić information content (AvgIpc) is 2.78. The first-order valence-corrected chi connectivity index (χ1v) is 12.4. The highest BCUT2D eigenvalue weighted by Gasteiger charge is 2.28. The molecule has 2 aromatic rings. The summed E-state index contributed by atoms with van der Waals surface area (Å²) < 4.78 is 0. The van der Waals surface area contributed by atoms with Crippen molar-refractivity contribution in [3.8, 4) is 0 Å². The lowest BCUT2D eigenvalue weighted by atomic mass is 10.1. The minimum atomic E-state index is -0.467. The second kappa shape index (κ2) is 13.4. The SMILES string of the molecule is CC[C@@H](C)NC(=O)[C@H](CC)N(CCc1ccccc1)C(=O)CSCc1ccccc1Cl. The molecular weight excluding hydrogens is 428 g/mol. The van der Waals surface area contributed by atoms with Gasteiger partial charge in [-0.3, -0.25) is 9.59 Å². The molecule has 4 nitrogen and oxygen atoms in total. The van der Waals surface area contributed by atoms with Gasteiger partial charge in [-0.2, -0.15) is 0 Å². The Morgan fingerprint density at radius 2 is 1.71 bits per heavy atom. The molecule has 168 valence electrons. The number of thioether (sulfide) groups is 1. The smallest absolute Gasteiger partial charge is 0.243 e. The Bertz CT molecular complexity index is 831. The first kappa shape index (κ1) is 25.3. The van der Waals surface area contributed by atoms with Gasteiger partial charge in [-0.05, 0) is 43.4 Å². The zero-order valence-corrected chi connectivity index (χ0v) is 20.2. The van der Waals surface area contributed by atoms with Gasteiger partial charge >= 0.3 is 0 Å². The highest BCUT2D eigenvalue weighted by molar-refractivity contribution is 7.99. The summed E-state index contributed by atoms with van der Waals surface area (Å²) in [6.45, 7) is 6.50. The van der Waals surface area contributed by atoms with Crippen LogP contribution in [0.5, 0.6) is 0 Å². The number of halogens is 1. The fourth-order valence-corrected chi connectivity index (χ4v) is 4.48. The molecule has 0 aliphatic carbocycles. The Hall–Kier alpha value is -1.98. The summed E-state index contributed by atoms with van der Waals surface area (Å²) in [4.78, 5) is 27.9. The van der Waals surface area contributed by atoms with E-state index in [1.54, 1.807) is 4.90 Å². The fraction of sp³-hybridized carbons (Fsp3) is 0.440. The minimum Gasteiger partial charge on any atom is -0.352 e. The van der Waals surface area contributed by atoms with E-state index < -0.39 is 6.04 Å². The maximum atomic E-state index is 13.2. The molecule has 0 aliphatic heterocycles. The molecule has 2 amide bonds. The van der Waals surface area contributed by atoms with Gasteiger partial charge < -0.3 is 10.2 Å².